The van der Waals surface area contributed by atoms with E-state index in [1.165, 1.54) is 18.5 Å². The van der Waals surface area contributed by atoms with Crippen molar-refractivity contribution in [2.75, 3.05) is 5.32 Å². The van der Waals surface area contributed by atoms with Crippen LogP contribution in [0.15, 0.2) is 35.5 Å². The maximum Gasteiger partial charge on any atom is 0.293 e. The van der Waals surface area contributed by atoms with E-state index in [0.717, 1.165) is 5.69 Å². The third kappa shape index (κ3) is 2.39. The Morgan fingerprint density at radius 1 is 1.45 bits per heavy atom. The zero-order valence-corrected chi connectivity index (χ0v) is 11.6. The Morgan fingerprint density at radius 2 is 2.27 bits per heavy atom. The molecule has 0 saturated heterocycles. The Kier molecular flexibility index (Phi) is 3.30. The van der Waals surface area contributed by atoms with Crippen LogP contribution in [0.3, 0.4) is 0 Å². The lowest BCUT2D eigenvalue weighted by molar-refractivity contribution is -0.383. The fraction of sp³-hybridized carbons (Fsp3) is 0.154. The molecule has 0 amide bonds. The highest BCUT2D eigenvalue weighted by atomic mass is 16.6. The number of fused-ring (bicyclic) bond motifs is 1. The summed E-state index contributed by atoms with van der Waals surface area (Å²) in [4.78, 5) is 28.8. The van der Waals surface area contributed by atoms with Crippen LogP contribution in [0.1, 0.15) is 5.69 Å². The SMILES string of the molecule is Cn1nccc1CNc1cc2nc[nH]c(=O)c2cc1[N+](=O)[O-]. The van der Waals surface area contributed by atoms with E-state index in [1.807, 2.05) is 6.07 Å². The predicted molar refractivity (Wildman–Crippen MR) is 79.6 cm³/mol. The van der Waals surface area contributed by atoms with Crippen molar-refractivity contribution < 1.29 is 4.92 Å². The van der Waals surface area contributed by atoms with E-state index >= 15 is 0 Å². The first-order valence-electron chi connectivity index (χ1n) is 6.43. The minimum atomic E-state index is -0.530. The van der Waals surface area contributed by atoms with E-state index in [2.05, 4.69) is 20.4 Å². The van der Waals surface area contributed by atoms with Crippen LogP contribution in [-0.2, 0) is 13.6 Å². The molecular formula is C13H12N6O3. The van der Waals surface area contributed by atoms with Gasteiger partial charge in [0.2, 0.25) is 0 Å². The van der Waals surface area contributed by atoms with Gasteiger partial charge in [-0.3, -0.25) is 19.6 Å². The molecule has 0 atom stereocenters. The van der Waals surface area contributed by atoms with Gasteiger partial charge in [-0.2, -0.15) is 5.10 Å². The molecule has 3 rings (SSSR count). The van der Waals surface area contributed by atoms with Gasteiger partial charge in [-0.1, -0.05) is 0 Å². The number of benzene rings is 1. The van der Waals surface area contributed by atoms with Gasteiger partial charge >= 0.3 is 0 Å². The molecule has 2 heterocycles. The largest absolute Gasteiger partial charge is 0.374 e. The molecule has 9 heteroatoms. The summed E-state index contributed by atoms with van der Waals surface area (Å²) in [6, 6.07) is 4.54. The van der Waals surface area contributed by atoms with E-state index in [0.29, 0.717) is 17.7 Å². The van der Waals surface area contributed by atoms with Crippen LogP contribution < -0.4 is 10.9 Å². The molecule has 112 valence electrons. The second kappa shape index (κ2) is 5.28. The molecule has 0 aliphatic carbocycles. The minimum Gasteiger partial charge on any atom is -0.374 e. The van der Waals surface area contributed by atoms with Crippen molar-refractivity contribution >= 4 is 22.3 Å². The van der Waals surface area contributed by atoms with Crippen molar-refractivity contribution in [3.8, 4) is 0 Å². The predicted octanol–water partition coefficient (Wildman–Crippen LogP) is 1.18. The van der Waals surface area contributed by atoms with Crippen LogP contribution in [0.2, 0.25) is 0 Å². The number of nitro groups is 1. The van der Waals surface area contributed by atoms with E-state index in [1.54, 1.807) is 17.9 Å². The summed E-state index contributed by atoms with van der Waals surface area (Å²) in [7, 11) is 1.78. The number of rotatable bonds is 4. The fourth-order valence-corrected chi connectivity index (χ4v) is 2.16. The molecule has 2 aromatic heterocycles. The number of nitrogens with one attached hydrogen (secondary N) is 2. The maximum atomic E-state index is 11.7. The number of hydrogen-bond acceptors (Lipinski definition) is 6. The molecular weight excluding hydrogens is 288 g/mol. The molecule has 0 aliphatic heterocycles. The summed E-state index contributed by atoms with van der Waals surface area (Å²) in [6.45, 7) is 0.367. The monoisotopic (exact) mass is 300 g/mol. The Hall–Kier alpha value is -3.23. The van der Waals surface area contributed by atoms with Crippen LogP contribution in [-0.4, -0.2) is 24.7 Å². The Morgan fingerprint density at radius 3 is 2.95 bits per heavy atom. The molecule has 0 radical (unpaired) electrons. The van der Waals surface area contributed by atoms with Crippen LogP contribution in [0.25, 0.3) is 10.9 Å². The Bertz CT molecular complexity index is 914. The number of anilines is 1. The molecule has 1 aromatic carbocycles. The van der Waals surface area contributed by atoms with Gasteiger partial charge in [0, 0.05) is 19.3 Å². The molecule has 22 heavy (non-hydrogen) atoms. The van der Waals surface area contributed by atoms with Gasteiger partial charge < -0.3 is 10.3 Å². The Balaban J connectivity index is 2.04. The minimum absolute atomic E-state index is 0.173. The van der Waals surface area contributed by atoms with Gasteiger partial charge in [-0.25, -0.2) is 4.98 Å². The van der Waals surface area contributed by atoms with Crippen molar-refractivity contribution in [3.05, 3.63) is 56.9 Å². The standard InChI is InChI=1S/C13H12N6O3/c1-18-8(2-3-17-18)6-14-11-5-10-9(4-12(11)19(21)22)13(20)16-7-15-10/h2-5,7,14H,6H2,1H3,(H,15,16,20). The average molecular weight is 300 g/mol. The summed E-state index contributed by atoms with van der Waals surface area (Å²) in [5.41, 5.74) is 0.978. The Labute approximate surface area is 123 Å². The summed E-state index contributed by atoms with van der Waals surface area (Å²) in [6.07, 6.45) is 2.91. The number of nitro benzene ring substituents is 1. The first-order valence-corrected chi connectivity index (χ1v) is 6.43. The molecule has 9 nitrogen and oxygen atoms in total. The van der Waals surface area contributed by atoms with Gasteiger partial charge in [0.15, 0.2) is 0 Å². The molecule has 0 unspecified atom stereocenters. The van der Waals surface area contributed by atoms with E-state index in [9.17, 15) is 14.9 Å². The van der Waals surface area contributed by atoms with Crippen LogP contribution in [0, 0.1) is 10.1 Å². The lowest BCUT2D eigenvalue weighted by Crippen LogP contribution is -2.10. The fourth-order valence-electron chi connectivity index (χ4n) is 2.16. The molecule has 0 aliphatic rings. The van der Waals surface area contributed by atoms with Crippen LogP contribution in [0.5, 0.6) is 0 Å². The van der Waals surface area contributed by atoms with Gasteiger partial charge in [0.05, 0.1) is 34.4 Å². The summed E-state index contributed by atoms with van der Waals surface area (Å²) < 4.78 is 1.67. The molecule has 3 aromatic rings. The van der Waals surface area contributed by atoms with Gasteiger partial charge in [-0.15, -0.1) is 0 Å². The maximum absolute atomic E-state index is 11.7. The van der Waals surface area contributed by atoms with E-state index < -0.39 is 10.5 Å². The van der Waals surface area contributed by atoms with E-state index in [4.69, 9.17) is 0 Å². The first kappa shape index (κ1) is 13.7. The van der Waals surface area contributed by atoms with Crippen molar-refractivity contribution in [1.82, 2.24) is 19.7 Å². The zero-order chi connectivity index (χ0) is 15.7. The van der Waals surface area contributed by atoms with Gasteiger partial charge in [0.1, 0.15) is 5.69 Å². The highest BCUT2D eigenvalue weighted by Crippen LogP contribution is 2.28. The summed E-state index contributed by atoms with van der Waals surface area (Å²) in [5.74, 6) is 0. The zero-order valence-electron chi connectivity index (χ0n) is 11.6. The van der Waals surface area contributed by atoms with Gasteiger partial charge in [0.25, 0.3) is 11.2 Å². The highest BCUT2D eigenvalue weighted by Gasteiger charge is 2.17. The second-order valence-electron chi connectivity index (χ2n) is 4.67. The topological polar surface area (TPSA) is 119 Å². The lowest BCUT2D eigenvalue weighted by atomic mass is 10.2. The first-order chi connectivity index (χ1) is 10.6. The number of H-pyrrole nitrogens is 1. The van der Waals surface area contributed by atoms with Crippen molar-refractivity contribution in [1.29, 1.82) is 0 Å². The number of aromatic nitrogens is 4. The molecule has 0 spiro atoms. The van der Waals surface area contributed by atoms with Gasteiger partial charge in [-0.05, 0) is 12.1 Å². The summed E-state index contributed by atoms with van der Waals surface area (Å²) >= 11 is 0. The van der Waals surface area contributed by atoms with Crippen LogP contribution in [0.4, 0.5) is 11.4 Å². The van der Waals surface area contributed by atoms with Crippen LogP contribution >= 0.6 is 0 Å². The van der Waals surface area contributed by atoms with E-state index in [-0.39, 0.29) is 11.1 Å². The number of hydrogen-bond donors (Lipinski definition) is 2. The second-order valence-corrected chi connectivity index (χ2v) is 4.67. The number of aryl methyl sites for hydroxylation is 1. The highest BCUT2D eigenvalue weighted by molar-refractivity contribution is 5.86. The molecule has 0 saturated carbocycles. The van der Waals surface area contributed by atoms with Crippen molar-refractivity contribution in [2.45, 2.75) is 6.54 Å². The molecule has 0 fully saturated rings. The number of aromatic amines is 1. The normalized spacial score (nSPS) is 10.8. The average Bonchev–Trinajstić information content (AvgIpc) is 2.90. The molecule has 2 N–H and O–H groups in total. The third-order valence-electron chi connectivity index (χ3n) is 3.34. The lowest BCUT2D eigenvalue weighted by Gasteiger charge is -2.08. The summed E-state index contributed by atoms with van der Waals surface area (Å²) in [5, 5.41) is 18.4. The van der Waals surface area contributed by atoms with Crippen molar-refractivity contribution in [2.24, 2.45) is 7.05 Å². The van der Waals surface area contributed by atoms with Crippen molar-refractivity contribution in [3.63, 3.8) is 0 Å². The third-order valence-corrected chi connectivity index (χ3v) is 3.34. The quantitative estimate of drug-likeness (QED) is 0.551. The smallest absolute Gasteiger partial charge is 0.293 e. The number of nitrogens with zero attached hydrogens (tertiary/aromatic N) is 4. The molecule has 0 bridgehead atoms.